The van der Waals surface area contributed by atoms with Crippen molar-refractivity contribution in [2.75, 3.05) is 6.54 Å². The van der Waals surface area contributed by atoms with E-state index < -0.39 is 0 Å². The van der Waals surface area contributed by atoms with Crippen LogP contribution in [0.25, 0.3) is 0 Å². The van der Waals surface area contributed by atoms with Crippen LogP contribution in [-0.2, 0) is 6.54 Å². The lowest BCUT2D eigenvalue weighted by Gasteiger charge is -2.21. The molecule has 0 atom stereocenters. The third kappa shape index (κ3) is 3.71. The summed E-state index contributed by atoms with van der Waals surface area (Å²) in [6, 6.07) is 10.1. The summed E-state index contributed by atoms with van der Waals surface area (Å²) >= 11 is 8.39. The first-order chi connectivity index (χ1) is 9.51. The van der Waals surface area contributed by atoms with Crippen LogP contribution in [0.3, 0.4) is 0 Å². The summed E-state index contributed by atoms with van der Waals surface area (Å²) in [6.07, 6.45) is 0. The molecule has 20 heavy (non-hydrogen) atoms. The van der Waals surface area contributed by atoms with Gasteiger partial charge in [-0.1, -0.05) is 29.8 Å². The molecule has 0 unspecified atom stereocenters. The van der Waals surface area contributed by atoms with Gasteiger partial charge in [0.15, 0.2) is 0 Å². The average Bonchev–Trinajstić information content (AvgIpc) is 2.74. The lowest BCUT2D eigenvalue weighted by molar-refractivity contribution is 0.0752. The van der Waals surface area contributed by atoms with Gasteiger partial charge in [-0.25, -0.2) is 0 Å². The summed E-state index contributed by atoms with van der Waals surface area (Å²) in [7, 11) is 0. The van der Waals surface area contributed by atoms with Crippen molar-refractivity contribution < 1.29 is 4.79 Å². The minimum atomic E-state index is 0.0582. The standard InChI is InChI=1S/C15H15Br2NOS/c1-3-18(9-11-6-4-5-10(2)7-11)15(19)12-8-13(16)20-14(12)17/h4-8H,3,9H2,1-2H3. The fourth-order valence-electron chi connectivity index (χ4n) is 2.01. The summed E-state index contributed by atoms with van der Waals surface area (Å²) in [5.74, 6) is 0.0582. The zero-order chi connectivity index (χ0) is 14.7. The van der Waals surface area contributed by atoms with Crippen LogP contribution in [0.2, 0.25) is 0 Å². The maximum Gasteiger partial charge on any atom is 0.256 e. The van der Waals surface area contributed by atoms with E-state index in [0.29, 0.717) is 13.1 Å². The fraction of sp³-hybridized carbons (Fsp3) is 0.267. The van der Waals surface area contributed by atoms with Crippen molar-refractivity contribution in [3.8, 4) is 0 Å². The topological polar surface area (TPSA) is 20.3 Å². The van der Waals surface area contributed by atoms with Crippen molar-refractivity contribution in [3.63, 3.8) is 0 Å². The van der Waals surface area contributed by atoms with Crippen molar-refractivity contribution in [1.82, 2.24) is 4.90 Å². The van der Waals surface area contributed by atoms with Crippen LogP contribution in [-0.4, -0.2) is 17.4 Å². The van der Waals surface area contributed by atoms with Crippen LogP contribution in [0.15, 0.2) is 37.9 Å². The van der Waals surface area contributed by atoms with Gasteiger partial charge in [0.2, 0.25) is 0 Å². The first-order valence-electron chi connectivity index (χ1n) is 6.31. The van der Waals surface area contributed by atoms with Gasteiger partial charge in [-0.15, -0.1) is 11.3 Å². The monoisotopic (exact) mass is 415 g/mol. The Hall–Kier alpha value is -0.650. The van der Waals surface area contributed by atoms with Crippen LogP contribution >= 0.6 is 43.2 Å². The van der Waals surface area contributed by atoms with Crippen LogP contribution in [0.5, 0.6) is 0 Å². The highest BCUT2D eigenvalue weighted by atomic mass is 79.9. The van der Waals surface area contributed by atoms with Gasteiger partial charge in [-0.05, 0) is 57.3 Å². The highest BCUT2D eigenvalue weighted by Gasteiger charge is 2.19. The molecule has 0 aliphatic heterocycles. The number of amides is 1. The van der Waals surface area contributed by atoms with Crippen molar-refractivity contribution in [3.05, 3.63) is 54.6 Å². The molecule has 1 heterocycles. The summed E-state index contributed by atoms with van der Waals surface area (Å²) < 4.78 is 1.83. The minimum Gasteiger partial charge on any atom is -0.335 e. The smallest absolute Gasteiger partial charge is 0.256 e. The normalized spacial score (nSPS) is 10.6. The number of hydrogen-bond acceptors (Lipinski definition) is 2. The molecule has 0 saturated carbocycles. The maximum absolute atomic E-state index is 12.6. The summed E-state index contributed by atoms with van der Waals surface area (Å²) in [5, 5.41) is 0. The highest BCUT2D eigenvalue weighted by molar-refractivity contribution is 9.12. The third-order valence-corrected chi connectivity index (χ3v) is 5.35. The Bertz CT molecular complexity index is 624. The molecule has 1 aromatic heterocycles. The Labute approximate surface area is 140 Å². The molecule has 0 bridgehead atoms. The third-order valence-electron chi connectivity index (χ3n) is 3.01. The van der Waals surface area contributed by atoms with Gasteiger partial charge in [-0.2, -0.15) is 0 Å². The van der Waals surface area contributed by atoms with Gasteiger partial charge in [0.25, 0.3) is 5.91 Å². The number of carbonyl (C=O) groups is 1. The van der Waals surface area contributed by atoms with Gasteiger partial charge < -0.3 is 4.90 Å². The largest absolute Gasteiger partial charge is 0.335 e. The predicted molar refractivity (Wildman–Crippen MR) is 91.3 cm³/mol. The van der Waals surface area contributed by atoms with Gasteiger partial charge in [0, 0.05) is 13.1 Å². The van der Waals surface area contributed by atoms with Crippen molar-refractivity contribution >= 4 is 49.1 Å². The van der Waals surface area contributed by atoms with Crippen LogP contribution in [0.1, 0.15) is 28.4 Å². The van der Waals surface area contributed by atoms with Gasteiger partial charge in [-0.3, -0.25) is 4.79 Å². The molecule has 2 aromatic rings. The second-order valence-electron chi connectivity index (χ2n) is 4.55. The Balaban J connectivity index is 2.20. The highest BCUT2D eigenvalue weighted by Crippen LogP contribution is 2.32. The van der Waals surface area contributed by atoms with Gasteiger partial charge in [0.1, 0.15) is 0 Å². The molecule has 5 heteroatoms. The molecule has 1 aromatic carbocycles. The minimum absolute atomic E-state index is 0.0582. The molecule has 0 fully saturated rings. The van der Waals surface area contributed by atoms with Crippen molar-refractivity contribution in [1.29, 1.82) is 0 Å². The van der Waals surface area contributed by atoms with Crippen LogP contribution in [0.4, 0.5) is 0 Å². The zero-order valence-electron chi connectivity index (χ0n) is 11.3. The molecule has 106 valence electrons. The van der Waals surface area contributed by atoms with E-state index >= 15 is 0 Å². The lowest BCUT2D eigenvalue weighted by Crippen LogP contribution is -2.30. The summed E-state index contributed by atoms with van der Waals surface area (Å²) in [6.45, 7) is 5.39. The van der Waals surface area contributed by atoms with E-state index in [4.69, 9.17) is 0 Å². The Morgan fingerprint density at radius 1 is 1.30 bits per heavy atom. The number of thiophene rings is 1. The van der Waals surface area contributed by atoms with E-state index in [2.05, 4.69) is 57.0 Å². The van der Waals surface area contributed by atoms with E-state index in [1.165, 1.54) is 16.9 Å². The van der Waals surface area contributed by atoms with Gasteiger partial charge >= 0.3 is 0 Å². The first-order valence-corrected chi connectivity index (χ1v) is 8.71. The van der Waals surface area contributed by atoms with E-state index in [1.807, 2.05) is 24.0 Å². The lowest BCUT2D eigenvalue weighted by atomic mass is 10.1. The van der Waals surface area contributed by atoms with Crippen molar-refractivity contribution in [2.45, 2.75) is 20.4 Å². The molecule has 0 aliphatic carbocycles. The van der Waals surface area contributed by atoms with E-state index in [1.54, 1.807) is 0 Å². The molecule has 2 rings (SSSR count). The number of aryl methyl sites for hydroxylation is 1. The number of rotatable bonds is 4. The molecule has 0 radical (unpaired) electrons. The molecule has 0 aliphatic rings. The Morgan fingerprint density at radius 3 is 2.60 bits per heavy atom. The molecule has 0 saturated heterocycles. The molecule has 0 N–H and O–H groups in total. The zero-order valence-corrected chi connectivity index (χ0v) is 15.3. The maximum atomic E-state index is 12.6. The van der Waals surface area contributed by atoms with E-state index in [9.17, 15) is 4.79 Å². The Kier molecular flexibility index (Phi) is 5.41. The van der Waals surface area contributed by atoms with E-state index in [0.717, 1.165) is 18.7 Å². The van der Waals surface area contributed by atoms with E-state index in [-0.39, 0.29) is 5.91 Å². The molecule has 2 nitrogen and oxygen atoms in total. The summed E-state index contributed by atoms with van der Waals surface area (Å²) in [4.78, 5) is 14.4. The average molecular weight is 417 g/mol. The number of nitrogens with zero attached hydrogens (tertiary/aromatic N) is 1. The number of benzene rings is 1. The number of carbonyl (C=O) groups excluding carboxylic acids is 1. The van der Waals surface area contributed by atoms with Crippen LogP contribution in [0, 0.1) is 6.92 Å². The summed E-state index contributed by atoms with van der Waals surface area (Å²) in [5.41, 5.74) is 3.09. The SMILES string of the molecule is CCN(Cc1cccc(C)c1)C(=O)c1cc(Br)sc1Br. The number of halogens is 2. The first kappa shape index (κ1) is 15.7. The molecule has 1 amide bonds. The quantitative estimate of drug-likeness (QED) is 0.666. The van der Waals surface area contributed by atoms with Crippen LogP contribution < -0.4 is 0 Å². The second-order valence-corrected chi connectivity index (χ2v) is 8.30. The molecular formula is C15H15Br2NOS. The molecular weight excluding hydrogens is 402 g/mol. The molecule has 0 spiro atoms. The fourth-order valence-corrected chi connectivity index (χ4v) is 4.79. The second kappa shape index (κ2) is 6.87. The number of hydrogen-bond donors (Lipinski definition) is 0. The Morgan fingerprint density at radius 2 is 2.05 bits per heavy atom. The van der Waals surface area contributed by atoms with Crippen molar-refractivity contribution in [2.24, 2.45) is 0 Å². The predicted octanol–water partition coefficient (Wildman–Crippen LogP) is 5.24. The van der Waals surface area contributed by atoms with Gasteiger partial charge in [0.05, 0.1) is 13.1 Å².